The molecule has 0 aliphatic carbocycles. The highest BCUT2D eigenvalue weighted by Crippen LogP contribution is 2.20. The summed E-state index contributed by atoms with van der Waals surface area (Å²) in [5.41, 5.74) is 13.3. The second kappa shape index (κ2) is 5.66. The van der Waals surface area contributed by atoms with Crippen molar-refractivity contribution in [3.8, 4) is 0 Å². The fourth-order valence-electron chi connectivity index (χ4n) is 1.58. The molecule has 15 heavy (non-hydrogen) atoms. The molecule has 1 atom stereocenters. The zero-order valence-corrected chi connectivity index (χ0v) is 11.1. The van der Waals surface area contributed by atoms with Crippen molar-refractivity contribution in [3.05, 3.63) is 11.6 Å². The smallest absolute Gasteiger partial charge is 0.0313 e. The van der Waals surface area contributed by atoms with Gasteiger partial charge in [0.2, 0.25) is 0 Å². The van der Waals surface area contributed by atoms with E-state index in [-0.39, 0.29) is 11.1 Å². The molecule has 0 aromatic carbocycles. The van der Waals surface area contributed by atoms with Gasteiger partial charge in [0.25, 0.3) is 0 Å². The molecule has 0 heterocycles. The van der Waals surface area contributed by atoms with Crippen LogP contribution in [0.4, 0.5) is 0 Å². The summed E-state index contributed by atoms with van der Waals surface area (Å²) in [6.45, 7) is 10.5. The van der Waals surface area contributed by atoms with Crippen LogP contribution in [0.15, 0.2) is 11.6 Å². The van der Waals surface area contributed by atoms with Crippen molar-refractivity contribution < 1.29 is 0 Å². The minimum Gasteiger partial charge on any atom is -0.326 e. The van der Waals surface area contributed by atoms with Crippen LogP contribution in [0.25, 0.3) is 0 Å². The molecular formula is C13H28N2. The molecule has 0 fully saturated rings. The molecule has 0 amide bonds. The number of hydrogen-bond acceptors (Lipinski definition) is 2. The van der Waals surface area contributed by atoms with E-state index in [0.717, 1.165) is 25.7 Å². The first kappa shape index (κ1) is 14.7. The van der Waals surface area contributed by atoms with Crippen LogP contribution in [0.2, 0.25) is 0 Å². The summed E-state index contributed by atoms with van der Waals surface area (Å²) < 4.78 is 0. The quantitative estimate of drug-likeness (QED) is 0.665. The van der Waals surface area contributed by atoms with Crippen molar-refractivity contribution in [2.24, 2.45) is 11.5 Å². The lowest BCUT2D eigenvalue weighted by Crippen LogP contribution is -2.39. The van der Waals surface area contributed by atoms with Gasteiger partial charge in [-0.05, 0) is 46.5 Å². The predicted molar refractivity (Wildman–Crippen MR) is 68.8 cm³/mol. The molecule has 90 valence electrons. The van der Waals surface area contributed by atoms with Gasteiger partial charge in [-0.1, -0.05) is 25.5 Å². The monoisotopic (exact) mass is 212 g/mol. The van der Waals surface area contributed by atoms with Crippen LogP contribution in [0.5, 0.6) is 0 Å². The van der Waals surface area contributed by atoms with Gasteiger partial charge in [0, 0.05) is 11.1 Å². The molecule has 0 aliphatic rings. The Bertz CT molecular complexity index is 203. The number of nitrogens with two attached hydrogens (primary N) is 2. The Kier molecular flexibility index (Phi) is 5.54. The summed E-state index contributed by atoms with van der Waals surface area (Å²) in [4.78, 5) is 0. The third-order valence-corrected chi connectivity index (χ3v) is 2.75. The van der Waals surface area contributed by atoms with Crippen LogP contribution in [0, 0.1) is 0 Å². The van der Waals surface area contributed by atoms with Gasteiger partial charge in [-0.2, -0.15) is 0 Å². The first-order chi connectivity index (χ1) is 6.70. The van der Waals surface area contributed by atoms with Crippen molar-refractivity contribution in [1.29, 1.82) is 0 Å². The van der Waals surface area contributed by atoms with Gasteiger partial charge in [-0.25, -0.2) is 0 Å². The molecule has 0 aliphatic heterocycles. The summed E-state index contributed by atoms with van der Waals surface area (Å²) in [6, 6.07) is 0. The topological polar surface area (TPSA) is 52.0 Å². The molecule has 0 saturated heterocycles. The second-order valence-corrected chi connectivity index (χ2v) is 5.50. The largest absolute Gasteiger partial charge is 0.326 e. The van der Waals surface area contributed by atoms with Crippen LogP contribution in [0.1, 0.15) is 60.3 Å². The minimum atomic E-state index is -0.210. The second-order valence-electron chi connectivity index (χ2n) is 5.50. The van der Waals surface area contributed by atoms with Crippen LogP contribution in [-0.4, -0.2) is 11.1 Å². The van der Waals surface area contributed by atoms with Gasteiger partial charge in [0.1, 0.15) is 0 Å². The maximum atomic E-state index is 6.24. The maximum Gasteiger partial charge on any atom is 0.0313 e. The highest BCUT2D eigenvalue weighted by Gasteiger charge is 2.20. The highest BCUT2D eigenvalue weighted by atomic mass is 14.7. The first-order valence-electron chi connectivity index (χ1n) is 5.98. The van der Waals surface area contributed by atoms with Crippen molar-refractivity contribution in [2.75, 3.05) is 0 Å². The summed E-state index contributed by atoms with van der Waals surface area (Å²) in [7, 11) is 0. The van der Waals surface area contributed by atoms with Gasteiger partial charge in [0.05, 0.1) is 0 Å². The molecule has 2 nitrogen and oxygen atoms in total. The van der Waals surface area contributed by atoms with E-state index in [1.807, 2.05) is 13.8 Å². The Morgan fingerprint density at radius 3 is 1.80 bits per heavy atom. The van der Waals surface area contributed by atoms with Gasteiger partial charge in [-0.15, -0.1) is 0 Å². The number of rotatable bonds is 6. The summed E-state index contributed by atoms with van der Waals surface area (Å²) in [5.74, 6) is 0. The third kappa shape index (κ3) is 7.57. The summed E-state index contributed by atoms with van der Waals surface area (Å²) >= 11 is 0. The van der Waals surface area contributed by atoms with Gasteiger partial charge in [-0.3, -0.25) is 0 Å². The number of allylic oxidation sites excluding steroid dienone is 1. The Hall–Kier alpha value is -0.340. The van der Waals surface area contributed by atoms with Crippen LogP contribution in [-0.2, 0) is 0 Å². The van der Waals surface area contributed by atoms with E-state index in [2.05, 4.69) is 26.8 Å². The molecular weight excluding hydrogens is 184 g/mol. The molecule has 0 aromatic rings. The fraction of sp³-hybridized carbons (Fsp3) is 0.846. The fourth-order valence-corrected chi connectivity index (χ4v) is 1.58. The predicted octanol–water partition coefficient (Wildman–Crippen LogP) is 2.97. The van der Waals surface area contributed by atoms with Crippen molar-refractivity contribution in [3.63, 3.8) is 0 Å². The first-order valence-corrected chi connectivity index (χ1v) is 5.98. The van der Waals surface area contributed by atoms with Gasteiger partial charge >= 0.3 is 0 Å². The molecule has 0 rings (SSSR count). The number of hydrogen-bond donors (Lipinski definition) is 2. The van der Waals surface area contributed by atoms with E-state index in [1.54, 1.807) is 0 Å². The van der Waals surface area contributed by atoms with Gasteiger partial charge < -0.3 is 11.5 Å². The lowest BCUT2D eigenvalue weighted by Gasteiger charge is -2.27. The van der Waals surface area contributed by atoms with Gasteiger partial charge in [0.15, 0.2) is 0 Å². The minimum absolute atomic E-state index is 0.118. The SMILES string of the molecule is CCC(=CC(C)(N)CCC(C)(C)N)CC. The zero-order chi connectivity index (χ0) is 12.1. The molecule has 0 radical (unpaired) electrons. The zero-order valence-electron chi connectivity index (χ0n) is 11.1. The lowest BCUT2D eigenvalue weighted by atomic mass is 9.87. The van der Waals surface area contributed by atoms with E-state index in [9.17, 15) is 0 Å². The van der Waals surface area contributed by atoms with E-state index < -0.39 is 0 Å². The van der Waals surface area contributed by atoms with Crippen molar-refractivity contribution in [2.45, 2.75) is 71.4 Å². The van der Waals surface area contributed by atoms with Crippen LogP contribution < -0.4 is 11.5 Å². The Balaban J connectivity index is 4.35. The Morgan fingerprint density at radius 1 is 1.00 bits per heavy atom. The van der Waals surface area contributed by atoms with E-state index in [4.69, 9.17) is 11.5 Å². The van der Waals surface area contributed by atoms with Crippen LogP contribution in [0.3, 0.4) is 0 Å². The van der Waals surface area contributed by atoms with E-state index in [0.29, 0.717) is 0 Å². The Labute approximate surface area is 95.1 Å². The molecule has 0 saturated carbocycles. The Morgan fingerprint density at radius 2 is 1.47 bits per heavy atom. The van der Waals surface area contributed by atoms with E-state index >= 15 is 0 Å². The summed E-state index contributed by atoms with van der Waals surface area (Å²) in [5, 5.41) is 0. The molecule has 0 aromatic heterocycles. The molecule has 0 spiro atoms. The average Bonchev–Trinajstić information content (AvgIpc) is 2.10. The van der Waals surface area contributed by atoms with Crippen molar-refractivity contribution in [1.82, 2.24) is 0 Å². The molecule has 0 bridgehead atoms. The summed E-state index contributed by atoms with van der Waals surface area (Å²) in [6.07, 6.45) is 6.31. The normalized spacial score (nSPS) is 15.9. The molecule has 4 N–H and O–H groups in total. The maximum absolute atomic E-state index is 6.24. The van der Waals surface area contributed by atoms with Crippen molar-refractivity contribution >= 4 is 0 Å². The average molecular weight is 212 g/mol. The lowest BCUT2D eigenvalue weighted by molar-refractivity contribution is 0.398. The standard InChI is InChI=1S/C13H28N2/c1-6-11(7-2)10-13(5,15)9-8-12(3,4)14/h10H,6-9,14-15H2,1-5H3. The van der Waals surface area contributed by atoms with E-state index in [1.165, 1.54) is 5.57 Å². The molecule has 2 heteroatoms. The highest BCUT2D eigenvalue weighted by molar-refractivity contribution is 5.11. The molecule has 1 unspecified atom stereocenters. The third-order valence-electron chi connectivity index (χ3n) is 2.75. The van der Waals surface area contributed by atoms with Crippen LogP contribution >= 0.6 is 0 Å².